The minimum absolute atomic E-state index is 0.234. The van der Waals surface area contributed by atoms with Crippen LogP contribution in [0.25, 0.3) is 0 Å². The van der Waals surface area contributed by atoms with Crippen molar-refractivity contribution in [1.29, 1.82) is 0 Å². The average molecular weight is 536 g/mol. The first-order chi connectivity index (χ1) is 18.4. The molecule has 2 fully saturated rings. The zero-order valence-electron chi connectivity index (χ0n) is 23.4. The van der Waals surface area contributed by atoms with Gasteiger partial charge in [0.05, 0.1) is 11.9 Å². The van der Waals surface area contributed by atoms with Gasteiger partial charge in [0.1, 0.15) is 23.9 Å². The van der Waals surface area contributed by atoms with Gasteiger partial charge in [-0.2, -0.15) is 0 Å². The van der Waals surface area contributed by atoms with E-state index in [1.165, 1.54) is 18.4 Å². The summed E-state index contributed by atoms with van der Waals surface area (Å²) in [6, 6.07) is 14.0. The Morgan fingerprint density at radius 1 is 1.11 bits per heavy atom. The smallest absolute Gasteiger partial charge is 0.212 e. The molecule has 0 aromatic heterocycles. The number of rotatable bonds is 14. The Hall–Kier alpha value is -2.86. The summed E-state index contributed by atoms with van der Waals surface area (Å²) in [6.07, 6.45) is 8.21. The van der Waals surface area contributed by atoms with Crippen LogP contribution in [-0.2, 0) is 28.6 Å². The third-order valence-corrected chi connectivity index (χ3v) is 8.85. The first-order valence-electron chi connectivity index (χ1n) is 13.8. The van der Waals surface area contributed by atoms with Gasteiger partial charge in [-0.1, -0.05) is 39.0 Å². The monoisotopic (exact) mass is 535 g/mol. The number of hydrogen-bond donors (Lipinski definition) is 0. The summed E-state index contributed by atoms with van der Waals surface area (Å²) in [4.78, 5) is 4.73. The molecule has 5 nitrogen and oxygen atoms in total. The van der Waals surface area contributed by atoms with Gasteiger partial charge in [0.2, 0.25) is 5.88 Å². The van der Waals surface area contributed by atoms with Crippen LogP contribution < -0.4 is 9.47 Å². The third kappa shape index (κ3) is 7.83. The predicted molar refractivity (Wildman–Crippen MR) is 157 cm³/mol. The van der Waals surface area contributed by atoms with Gasteiger partial charge in [0.25, 0.3) is 0 Å². The Bertz CT molecular complexity index is 1230. The molecule has 38 heavy (non-hydrogen) atoms. The lowest BCUT2D eigenvalue weighted by Gasteiger charge is -2.15. The molecule has 4 rings (SSSR count). The van der Waals surface area contributed by atoms with Crippen molar-refractivity contribution in [2.45, 2.75) is 72.2 Å². The van der Waals surface area contributed by atoms with Gasteiger partial charge in [-0.25, -0.2) is 4.99 Å². The molecule has 0 N–H and O–H groups in total. The number of aliphatic imine (C=N–C) groups is 1. The molecule has 2 aromatic rings. The molecule has 2 aliphatic rings. The van der Waals surface area contributed by atoms with E-state index in [2.05, 4.69) is 45.9 Å². The van der Waals surface area contributed by atoms with Gasteiger partial charge in [-0.15, -0.1) is 0 Å². The fourth-order valence-electron chi connectivity index (χ4n) is 4.26. The zero-order chi connectivity index (χ0) is 27.1. The van der Waals surface area contributed by atoms with Crippen LogP contribution >= 0.6 is 0 Å². The van der Waals surface area contributed by atoms with Crippen LogP contribution in [-0.4, -0.2) is 28.0 Å². The Morgan fingerprint density at radius 3 is 2.50 bits per heavy atom. The molecule has 1 saturated carbocycles. The van der Waals surface area contributed by atoms with Gasteiger partial charge in [-0.3, -0.25) is 4.21 Å². The number of allylic oxidation sites excluding steroid dienone is 3. The van der Waals surface area contributed by atoms with Crippen LogP contribution in [0.4, 0.5) is 0 Å². The van der Waals surface area contributed by atoms with Crippen molar-refractivity contribution in [2.75, 3.05) is 12.4 Å². The van der Waals surface area contributed by atoms with Crippen molar-refractivity contribution in [3.05, 3.63) is 76.7 Å². The van der Waals surface area contributed by atoms with E-state index in [0.29, 0.717) is 18.4 Å². The molecule has 0 amide bonds. The lowest BCUT2D eigenvalue weighted by molar-refractivity contribution is 0.192. The van der Waals surface area contributed by atoms with Crippen LogP contribution in [0.15, 0.2) is 70.6 Å². The molecular weight excluding hydrogens is 494 g/mol. The normalized spacial score (nSPS) is 20.7. The maximum absolute atomic E-state index is 11.7. The molecule has 0 radical (unpaired) electrons. The second-order valence-electron chi connectivity index (χ2n) is 10.3. The summed E-state index contributed by atoms with van der Waals surface area (Å²) in [5, 5.41) is 0.249. The topological polar surface area (TPSA) is 57.1 Å². The maximum Gasteiger partial charge on any atom is 0.212 e. The van der Waals surface area contributed by atoms with Crippen molar-refractivity contribution in [3.63, 3.8) is 0 Å². The van der Waals surface area contributed by atoms with Gasteiger partial charge in [-0.05, 0) is 97.9 Å². The molecule has 6 heteroatoms. The van der Waals surface area contributed by atoms with Crippen LogP contribution in [0.2, 0.25) is 0 Å². The molecular formula is C32H41NO4S. The Kier molecular flexibility index (Phi) is 9.84. The van der Waals surface area contributed by atoms with Crippen LogP contribution in [0, 0.1) is 11.8 Å². The Balaban J connectivity index is 1.41. The molecule has 0 bridgehead atoms. The summed E-state index contributed by atoms with van der Waals surface area (Å²) in [7, 11) is -0.687. The van der Waals surface area contributed by atoms with Crippen molar-refractivity contribution in [3.8, 4) is 17.2 Å². The van der Waals surface area contributed by atoms with Crippen LogP contribution in [0.5, 0.6) is 17.2 Å². The Labute approximate surface area is 230 Å². The minimum Gasteiger partial charge on any atom is -0.493 e. The highest BCUT2D eigenvalue weighted by Gasteiger charge is 2.38. The molecule has 1 saturated heterocycles. The summed E-state index contributed by atoms with van der Waals surface area (Å²) in [5.41, 5.74) is 4.50. The van der Waals surface area contributed by atoms with E-state index in [1.807, 2.05) is 43.5 Å². The van der Waals surface area contributed by atoms with Gasteiger partial charge in [0.15, 0.2) is 0 Å². The third-order valence-electron chi connectivity index (χ3n) is 7.34. The van der Waals surface area contributed by atoms with Gasteiger partial charge in [0, 0.05) is 28.8 Å². The highest BCUT2D eigenvalue weighted by atomic mass is 32.2. The highest BCUT2D eigenvalue weighted by molar-refractivity contribution is 7.93. The van der Waals surface area contributed by atoms with E-state index < -0.39 is 10.8 Å². The fraction of sp³-hybridized carbons (Fsp3) is 0.469. The second kappa shape index (κ2) is 13.3. The summed E-state index contributed by atoms with van der Waals surface area (Å²) in [6.45, 7) is 11.7. The Morgan fingerprint density at radius 2 is 1.84 bits per heavy atom. The second-order valence-corrected chi connectivity index (χ2v) is 12.0. The summed E-state index contributed by atoms with van der Waals surface area (Å²) in [5.74, 6) is 4.81. The number of hydrogen-bond acceptors (Lipinski definition) is 5. The zero-order valence-corrected chi connectivity index (χ0v) is 24.2. The van der Waals surface area contributed by atoms with E-state index in [4.69, 9.17) is 19.2 Å². The van der Waals surface area contributed by atoms with Crippen LogP contribution in [0.3, 0.4) is 0 Å². The van der Waals surface area contributed by atoms with Crippen molar-refractivity contribution >= 4 is 17.0 Å². The quantitative estimate of drug-likeness (QED) is 0.141. The summed E-state index contributed by atoms with van der Waals surface area (Å²) >= 11 is 0. The standard InChI is InChI=1S/C32H41NO4S/c1-6-22(4)32(33-18-26(8-3)23(5)31-21-38(31)34)36-20-27-14-15-30(16-25(27)7-2)37-29-11-9-10-28(17-29)35-19-24-12-13-24/h8-11,14-18,23-24,31H,6-7,12-13,19-21H2,1-5H3/b26-8+,32-22+,33-18+/t23?,31-,38?/m0/s1. The number of benzene rings is 2. The molecule has 2 unspecified atom stereocenters. The average Bonchev–Trinajstić information content (AvgIpc) is 3.87. The SMILES string of the molecule is C\C=C(/C=N/C(OCc1ccc(Oc2cccc(OCC3CC3)c2)cc1CC)=C(/C)CC)C(C)[C@@H]1CS1=O. The van der Waals surface area contributed by atoms with Crippen molar-refractivity contribution in [2.24, 2.45) is 16.8 Å². The van der Waals surface area contributed by atoms with Crippen molar-refractivity contribution < 1.29 is 18.4 Å². The van der Waals surface area contributed by atoms with Gasteiger partial charge < -0.3 is 14.2 Å². The number of ether oxygens (including phenoxy) is 3. The van der Waals surface area contributed by atoms with Gasteiger partial charge >= 0.3 is 0 Å². The fourth-order valence-corrected chi connectivity index (χ4v) is 5.58. The lowest BCUT2D eigenvalue weighted by atomic mass is 9.99. The first-order valence-corrected chi connectivity index (χ1v) is 15.2. The van der Waals surface area contributed by atoms with E-state index in [-0.39, 0.29) is 11.2 Å². The summed E-state index contributed by atoms with van der Waals surface area (Å²) < 4.78 is 30.1. The highest BCUT2D eigenvalue weighted by Crippen LogP contribution is 2.32. The predicted octanol–water partition coefficient (Wildman–Crippen LogP) is 7.77. The van der Waals surface area contributed by atoms with E-state index >= 15 is 0 Å². The van der Waals surface area contributed by atoms with E-state index in [1.54, 1.807) is 0 Å². The van der Waals surface area contributed by atoms with Crippen molar-refractivity contribution in [1.82, 2.24) is 0 Å². The van der Waals surface area contributed by atoms with E-state index in [0.717, 1.165) is 59.2 Å². The molecule has 1 aliphatic carbocycles. The lowest BCUT2D eigenvalue weighted by Crippen LogP contribution is -2.09. The number of aryl methyl sites for hydroxylation is 1. The molecule has 2 aromatic carbocycles. The largest absolute Gasteiger partial charge is 0.493 e. The van der Waals surface area contributed by atoms with E-state index in [9.17, 15) is 4.21 Å². The molecule has 0 spiro atoms. The molecule has 1 heterocycles. The molecule has 204 valence electrons. The molecule has 1 aliphatic heterocycles. The number of nitrogens with zero attached hydrogens (tertiary/aromatic N) is 1. The van der Waals surface area contributed by atoms with Crippen LogP contribution in [0.1, 0.15) is 65.0 Å². The molecule has 3 atom stereocenters. The first kappa shape index (κ1) is 28.2. The maximum atomic E-state index is 11.7. The minimum atomic E-state index is -0.687.